The van der Waals surface area contributed by atoms with E-state index in [1.165, 1.54) is 35.7 Å². The van der Waals surface area contributed by atoms with Gasteiger partial charge in [0.1, 0.15) is 11.6 Å². The van der Waals surface area contributed by atoms with Gasteiger partial charge in [0.2, 0.25) is 5.91 Å². The molecule has 1 aliphatic rings. The SMILES string of the molecule is CCOc1ccc(-n2c(SCC(=O)NCc3ccc(F)cc3)nc3c(c2=O)SCC3)cc1. The second-order valence-corrected chi connectivity index (χ2v) is 9.08. The van der Waals surface area contributed by atoms with Gasteiger partial charge in [0, 0.05) is 18.7 Å². The standard InChI is InChI=1S/C23H22FN3O3S2/c1-2-30-18-9-7-17(8-10-18)27-22(29)21-19(11-12-31-21)26-23(27)32-14-20(28)25-13-15-3-5-16(24)6-4-15/h3-10H,2,11-14H2,1H3,(H,25,28). The molecule has 0 saturated heterocycles. The molecule has 3 aromatic rings. The Morgan fingerprint density at radius 1 is 1.22 bits per heavy atom. The lowest BCUT2D eigenvalue weighted by Gasteiger charge is -2.14. The van der Waals surface area contributed by atoms with Crippen molar-refractivity contribution in [2.75, 3.05) is 18.1 Å². The molecule has 9 heteroatoms. The summed E-state index contributed by atoms with van der Waals surface area (Å²) in [4.78, 5) is 31.0. The number of aryl methyl sites for hydroxylation is 1. The van der Waals surface area contributed by atoms with Crippen molar-refractivity contribution in [1.29, 1.82) is 0 Å². The van der Waals surface area contributed by atoms with Gasteiger partial charge in [-0.05, 0) is 48.9 Å². The van der Waals surface area contributed by atoms with Crippen LogP contribution in [0.2, 0.25) is 0 Å². The first-order valence-corrected chi connectivity index (χ1v) is 12.2. The molecule has 0 saturated carbocycles. The van der Waals surface area contributed by atoms with Crippen LogP contribution in [0.4, 0.5) is 4.39 Å². The number of ether oxygens (including phenoxy) is 1. The lowest BCUT2D eigenvalue weighted by Crippen LogP contribution is -2.27. The Morgan fingerprint density at radius 3 is 2.69 bits per heavy atom. The fraction of sp³-hybridized carbons (Fsp3) is 0.261. The smallest absolute Gasteiger partial charge is 0.272 e. The van der Waals surface area contributed by atoms with Gasteiger partial charge in [-0.3, -0.25) is 14.2 Å². The van der Waals surface area contributed by atoms with Crippen molar-refractivity contribution in [2.45, 2.75) is 29.9 Å². The molecule has 0 bridgehead atoms. The lowest BCUT2D eigenvalue weighted by atomic mass is 10.2. The monoisotopic (exact) mass is 471 g/mol. The molecular formula is C23H22FN3O3S2. The average Bonchev–Trinajstić information content (AvgIpc) is 3.27. The first-order chi connectivity index (χ1) is 15.5. The van der Waals surface area contributed by atoms with E-state index in [0.29, 0.717) is 28.9 Å². The first kappa shape index (κ1) is 22.4. The molecular weight excluding hydrogens is 449 g/mol. The number of amides is 1. The number of nitrogens with one attached hydrogen (secondary N) is 1. The highest BCUT2D eigenvalue weighted by molar-refractivity contribution is 8.00. The molecule has 4 rings (SSSR count). The number of hydrogen-bond donors (Lipinski definition) is 1. The molecule has 6 nitrogen and oxygen atoms in total. The number of aromatic nitrogens is 2. The Hall–Kier alpha value is -2.78. The van der Waals surface area contributed by atoms with E-state index >= 15 is 0 Å². The predicted octanol–water partition coefficient (Wildman–Crippen LogP) is 3.83. The average molecular weight is 472 g/mol. The molecule has 0 fully saturated rings. The first-order valence-electron chi connectivity index (χ1n) is 10.2. The molecule has 32 heavy (non-hydrogen) atoms. The predicted molar refractivity (Wildman–Crippen MR) is 124 cm³/mol. The Labute approximate surface area is 193 Å². The highest BCUT2D eigenvalue weighted by Crippen LogP contribution is 2.30. The van der Waals surface area contributed by atoms with E-state index in [1.807, 2.05) is 31.2 Å². The third-order valence-corrected chi connectivity index (χ3v) is 6.85. The van der Waals surface area contributed by atoms with Crippen LogP contribution >= 0.6 is 23.5 Å². The Bertz CT molecular complexity index is 1160. The van der Waals surface area contributed by atoms with Crippen molar-refractivity contribution >= 4 is 29.4 Å². The summed E-state index contributed by atoms with van der Waals surface area (Å²) >= 11 is 2.74. The van der Waals surface area contributed by atoms with Gasteiger partial charge in [-0.2, -0.15) is 0 Å². The largest absolute Gasteiger partial charge is 0.494 e. The molecule has 2 aromatic carbocycles. The fourth-order valence-corrected chi connectivity index (χ4v) is 5.14. The summed E-state index contributed by atoms with van der Waals surface area (Å²) in [5.74, 6) is 1.15. The summed E-state index contributed by atoms with van der Waals surface area (Å²) in [6.07, 6.45) is 0.740. The third-order valence-electron chi connectivity index (χ3n) is 4.81. The van der Waals surface area contributed by atoms with Crippen molar-refractivity contribution in [3.8, 4) is 11.4 Å². The van der Waals surface area contributed by atoms with E-state index in [4.69, 9.17) is 9.72 Å². The highest BCUT2D eigenvalue weighted by atomic mass is 32.2. The summed E-state index contributed by atoms with van der Waals surface area (Å²) in [5.41, 5.74) is 2.16. The highest BCUT2D eigenvalue weighted by Gasteiger charge is 2.23. The van der Waals surface area contributed by atoms with E-state index in [1.54, 1.807) is 16.7 Å². The zero-order chi connectivity index (χ0) is 22.5. The minimum Gasteiger partial charge on any atom is -0.494 e. The number of thioether (sulfide) groups is 2. The van der Waals surface area contributed by atoms with Gasteiger partial charge in [-0.1, -0.05) is 23.9 Å². The molecule has 0 spiro atoms. The van der Waals surface area contributed by atoms with Crippen molar-refractivity contribution < 1.29 is 13.9 Å². The Balaban J connectivity index is 1.52. The summed E-state index contributed by atoms with van der Waals surface area (Å²) in [6, 6.07) is 13.2. The maximum atomic E-state index is 13.2. The summed E-state index contributed by atoms with van der Waals surface area (Å²) in [6.45, 7) is 2.78. The molecule has 1 N–H and O–H groups in total. The maximum Gasteiger partial charge on any atom is 0.272 e. The van der Waals surface area contributed by atoms with Gasteiger partial charge >= 0.3 is 0 Å². The van der Waals surface area contributed by atoms with Crippen LogP contribution in [0.15, 0.2) is 63.4 Å². The van der Waals surface area contributed by atoms with Gasteiger partial charge in [-0.25, -0.2) is 9.37 Å². The van der Waals surface area contributed by atoms with Gasteiger partial charge in [-0.15, -0.1) is 11.8 Å². The van der Waals surface area contributed by atoms with Crippen LogP contribution < -0.4 is 15.6 Å². The van der Waals surface area contributed by atoms with E-state index in [2.05, 4.69) is 5.32 Å². The molecule has 166 valence electrons. The number of halogens is 1. The zero-order valence-corrected chi connectivity index (χ0v) is 19.1. The van der Waals surface area contributed by atoms with Crippen LogP contribution in [0.25, 0.3) is 5.69 Å². The van der Waals surface area contributed by atoms with Crippen molar-refractivity contribution in [3.63, 3.8) is 0 Å². The van der Waals surface area contributed by atoms with Gasteiger partial charge in [0.05, 0.1) is 28.6 Å². The minimum atomic E-state index is -0.316. The van der Waals surface area contributed by atoms with Crippen LogP contribution in [0, 0.1) is 5.82 Å². The second-order valence-electron chi connectivity index (χ2n) is 7.03. The maximum absolute atomic E-state index is 13.2. The van der Waals surface area contributed by atoms with Crippen LogP contribution in [-0.2, 0) is 17.8 Å². The molecule has 2 heterocycles. The van der Waals surface area contributed by atoms with Gasteiger partial charge < -0.3 is 10.1 Å². The topological polar surface area (TPSA) is 73.2 Å². The van der Waals surface area contributed by atoms with E-state index in [0.717, 1.165) is 29.2 Å². The van der Waals surface area contributed by atoms with Gasteiger partial charge in [0.15, 0.2) is 5.16 Å². The normalized spacial score (nSPS) is 12.4. The Morgan fingerprint density at radius 2 is 1.97 bits per heavy atom. The Kier molecular flexibility index (Phi) is 7.16. The molecule has 1 aliphatic heterocycles. The van der Waals surface area contributed by atoms with E-state index in [9.17, 15) is 14.0 Å². The molecule has 1 aromatic heterocycles. The van der Waals surface area contributed by atoms with Crippen LogP contribution in [0.5, 0.6) is 5.75 Å². The third kappa shape index (κ3) is 5.16. The zero-order valence-electron chi connectivity index (χ0n) is 17.5. The number of hydrogen-bond acceptors (Lipinski definition) is 6. The number of carbonyl (C=O) groups excluding carboxylic acids is 1. The van der Waals surface area contributed by atoms with Crippen molar-refractivity contribution in [3.05, 3.63) is 76.0 Å². The second kappa shape index (κ2) is 10.2. The van der Waals surface area contributed by atoms with Crippen LogP contribution in [0.1, 0.15) is 18.2 Å². The number of carbonyl (C=O) groups is 1. The van der Waals surface area contributed by atoms with Crippen molar-refractivity contribution in [1.82, 2.24) is 14.9 Å². The summed E-state index contributed by atoms with van der Waals surface area (Å²) in [7, 11) is 0. The molecule has 0 radical (unpaired) electrons. The van der Waals surface area contributed by atoms with E-state index < -0.39 is 0 Å². The number of nitrogens with zero attached hydrogens (tertiary/aromatic N) is 2. The van der Waals surface area contributed by atoms with Crippen molar-refractivity contribution in [2.24, 2.45) is 0 Å². The summed E-state index contributed by atoms with van der Waals surface area (Å²) in [5, 5.41) is 3.30. The van der Waals surface area contributed by atoms with Crippen LogP contribution in [0.3, 0.4) is 0 Å². The molecule has 0 aliphatic carbocycles. The van der Waals surface area contributed by atoms with Gasteiger partial charge in [0.25, 0.3) is 5.56 Å². The molecule has 0 atom stereocenters. The lowest BCUT2D eigenvalue weighted by molar-refractivity contribution is -0.118. The van der Waals surface area contributed by atoms with E-state index in [-0.39, 0.29) is 23.0 Å². The molecule has 1 amide bonds. The molecule has 0 unspecified atom stereocenters. The number of benzene rings is 2. The minimum absolute atomic E-state index is 0.108. The van der Waals surface area contributed by atoms with Crippen LogP contribution in [-0.4, -0.2) is 33.6 Å². The number of fused-ring (bicyclic) bond motifs is 1. The number of rotatable bonds is 8. The summed E-state index contributed by atoms with van der Waals surface area (Å²) < 4.78 is 20.1. The fourth-order valence-electron chi connectivity index (χ4n) is 3.26. The quantitative estimate of drug-likeness (QED) is 0.398.